The van der Waals surface area contributed by atoms with E-state index in [9.17, 15) is 26.4 Å². The molecule has 8 nitrogen and oxygen atoms in total. The number of aromatic nitrogens is 3. The van der Waals surface area contributed by atoms with Gasteiger partial charge in [-0.1, -0.05) is 17.3 Å². The van der Waals surface area contributed by atoms with Crippen molar-refractivity contribution in [2.45, 2.75) is 25.1 Å². The van der Waals surface area contributed by atoms with Gasteiger partial charge in [0, 0.05) is 19.1 Å². The fraction of sp³-hybridized carbons (Fsp3) is 0.438. The lowest BCUT2D eigenvalue weighted by Gasteiger charge is -2.32. The van der Waals surface area contributed by atoms with Crippen molar-refractivity contribution in [2.75, 3.05) is 19.3 Å². The van der Waals surface area contributed by atoms with Crippen LogP contribution < -0.4 is 4.72 Å². The third-order valence-corrected chi connectivity index (χ3v) is 5.02. The van der Waals surface area contributed by atoms with Crippen molar-refractivity contribution < 1.29 is 26.4 Å². The topological polar surface area (TPSA) is 97.2 Å². The normalized spacial score (nSPS) is 18.3. The Bertz CT molecular complexity index is 974. The quantitative estimate of drug-likeness (QED) is 0.812. The smallest absolute Gasteiger partial charge is 0.336 e. The number of piperidine rings is 1. The van der Waals surface area contributed by atoms with Gasteiger partial charge in [-0.15, -0.1) is 5.10 Å². The van der Waals surface area contributed by atoms with E-state index in [4.69, 9.17) is 0 Å². The number of nitrogens with one attached hydrogen (secondary N) is 1. The summed E-state index contributed by atoms with van der Waals surface area (Å²) in [6.07, 6.45) is -1.23. The Kier molecular flexibility index (Phi) is 5.44. The number of hydrogen-bond acceptors (Lipinski definition) is 5. The maximum Gasteiger partial charge on any atom is 0.418 e. The van der Waals surface area contributed by atoms with Crippen LogP contribution in [0, 0.1) is 0 Å². The molecule has 1 atom stereocenters. The number of likely N-dealkylation sites (tertiary alicyclic amines) is 1. The zero-order chi connectivity index (χ0) is 20.5. The minimum Gasteiger partial charge on any atom is -0.336 e. The molecule has 2 aromatic rings. The number of halogens is 3. The molecule has 1 fully saturated rings. The summed E-state index contributed by atoms with van der Waals surface area (Å²) in [6, 6.07) is 4.43. The predicted molar refractivity (Wildman–Crippen MR) is 93.3 cm³/mol. The largest absolute Gasteiger partial charge is 0.418 e. The highest BCUT2D eigenvalue weighted by Gasteiger charge is 2.34. The molecular formula is C16H18F3N5O3S. The first kappa shape index (κ1) is 20.3. The number of amides is 1. The molecule has 0 saturated carbocycles. The Hall–Kier alpha value is -2.47. The molecule has 12 heteroatoms. The lowest BCUT2D eigenvalue weighted by atomic mass is 10.1. The molecule has 1 amide bonds. The van der Waals surface area contributed by atoms with Gasteiger partial charge in [0.05, 0.1) is 23.7 Å². The number of benzene rings is 1. The average Bonchev–Trinajstić information content (AvgIpc) is 3.09. The number of rotatable bonds is 4. The van der Waals surface area contributed by atoms with Crippen molar-refractivity contribution in [1.29, 1.82) is 0 Å². The Balaban J connectivity index is 1.80. The van der Waals surface area contributed by atoms with E-state index in [2.05, 4.69) is 15.0 Å². The third kappa shape index (κ3) is 4.68. The van der Waals surface area contributed by atoms with E-state index >= 15 is 0 Å². The Morgan fingerprint density at radius 3 is 2.68 bits per heavy atom. The number of hydrogen-bond donors (Lipinski definition) is 1. The van der Waals surface area contributed by atoms with E-state index in [0.29, 0.717) is 19.4 Å². The second-order valence-electron chi connectivity index (χ2n) is 6.54. The molecule has 0 spiro atoms. The Morgan fingerprint density at radius 1 is 1.29 bits per heavy atom. The summed E-state index contributed by atoms with van der Waals surface area (Å²) < 4.78 is 65.7. The minimum absolute atomic E-state index is 0.114. The van der Waals surface area contributed by atoms with Crippen LogP contribution >= 0.6 is 0 Å². The third-order valence-electron chi connectivity index (χ3n) is 4.26. The van der Waals surface area contributed by atoms with Gasteiger partial charge in [-0.2, -0.15) is 13.2 Å². The molecule has 0 unspecified atom stereocenters. The SMILES string of the molecule is CS(=O)(=O)N[C@H]1CCCN(C(=O)c2cn(-c3ccccc3C(F)(F)F)nn2)C1. The number of para-hydroxylation sites is 1. The zero-order valence-electron chi connectivity index (χ0n) is 14.8. The Morgan fingerprint density at radius 2 is 2.00 bits per heavy atom. The van der Waals surface area contributed by atoms with E-state index in [1.54, 1.807) is 0 Å². The van der Waals surface area contributed by atoms with Crippen molar-refractivity contribution in [2.24, 2.45) is 0 Å². The molecule has 28 heavy (non-hydrogen) atoms. The highest BCUT2D eigenvalue weighted by molar-refractivity contribution is 7.88. The summed E-state index contributed by atoms with van der Waals surface area (Å²) in [5.41, 5.74) is -1.25. The zero-order valence-corrected chi connectivity index (χ0v) is 15.7. The van der Waals surface area contributed by atoms with E-state index in [1.807, 2.05) is 0 Å². The molecule has 1 aromatic heterocycles. The summed E-state index contributed by atoms with van der Waals surface area (Å²) in [5, 5.41) is 7.37. The predicted octanol–water partition coefficient (Wildman–Crippen LogP) is 1.44. The van der Waals surface area contributed by atoms with Crippen molar-refractivity contribution in [1.82, 2.24) is 24.6 Å². The first-order valence-corrected chi connectivity index (χ1v) is 10.3. The molecule has 1 aromatic carbocycles. The fourth-order valence-corrected chi connectivity index (χ4v) is 3.91. The highest BCUT2D eigenvalue weighted by Crippen LogP contribution is 2.33. The van der Waals surface area contributed by atoms with Gasteiger partial charge in [-0.3, -0.25) is 4.79 Å². The summed E-state index contributed by atoms with van der Waals surface area (Å²) in [6.45, 7) is 0.546. The highest BCUT2D eigenvalue weighted by atomic mass is 32.2. The van der Waals surface area contributed by atoms with Crippen molar-refractivity contribution >= 4 is 15.9 Å². The summed E-state index contributed by atoms with van der Waals surface area (Å²) >= 11 is 0. The monoisotopic (exact) mass is 417 g/mol. The van der Waals surface area contributed by atoms with Crippen molar-refractivity contribution in [3.05, 3.63) is 41.7 Å². The van der Waals surface area contributed by atoms with Crippen molar-refractivity contribution in [3.63, 3.8) is 0 Å². The molecule has 1 aliphatic heterocycles. The molecule has 3 rings (SSSR count). The minimum atomic E-state index is -4.58. The standard InChI is InChI=1S/C16H18F3N5O3S/c1-28(26,27)21-11-5-4-8-23(9-11)15(25)13-10-24(22-20-13)14-7-3-2-6-12(14)16(17,18)19/h2-3,6-7,10-11,21H,4-5,8-9H2,1H3/t11-/m0/s1. The summed E-state index contributed by atoms with van der Waals surface area (Å²) in [4.78, 5) is 14.1. The molecule has 1 aliphatic rings. The Labute approximate surface area is 159 Å². The maximum atomic E-state index is 13.2. The van der Waals surface area contributed by atoms with Crippen LogP contribution in [0.4, 0.5) is 13.2 Å². The van der Waals surface area contributed by atoms with E-state index < -0.39 is 33.7 Å². The first-order chi connectivity index (χ1) is 13.0. The van der Waals surface area contributed by atoms with Gasteiger partial charge in [0.25, 0.3) is 5.91 Å². The van der Waals surface area contributed by atoms with Crippen LogP contribution in [0.2, 0.25) is 0 Å². The number of carbonyl (C=O) groups is 1. The van der Waals surface area contributed by atoms with Gasteiger partial charge in [-0.05, 0) is 25.0 Å². The van der Waals surface area contributed by atoms with E-state index in [1.165, 1.54) is 23.1 Å². The first-order valence-electron chi connectivity index (χ1n) is 8.40. The number of carbonyl (C=O) groups excluding carboxylic acids is 1. The van der Waals surface area contributed by atoms with E-state index in [0.717, 1.165) is 23.2 Å². The lowest BCUT2D eigenvalue weighted by molar-refractivity contribution is -0.137. The average molecular weight is 417 g/mol. The molecule has 2 heterocycles. The van der Waals surface area contributed by atoms with Gasteiger partial charge in [0.15, 0.2) is 5.69 Å². The summed E-state index contributed by atoms with van der Waals surface area (Å²) in [7, 11) is -3.41. The molecule has 152 valence electrons. The molecule has 0 radical (unpaired) electrons. The molecular weight excluding hydrogens is 399 g/mol. The summed E-state index contributed by atoms with van der Waals surface area (Å²) in [5.74, 6) is -0.518. The van der Waals surface area contributed by atoms with Gasteiger partial charge in [0.2, 0.25) is 10.0 Å². The number of sulfonamides is 1. The van der Waals surface area contributed by atoms with Crippen LogP contribution in [-0.2, 0) is 16.2 Å². The van der Waals surface area contributed by atoms with Gasteiger partial charge in [-0.25, -0.2) is 17.8 Å². The van der Waals surface area contributed by atoms with Gasteiger partial charge < -0.3 is 4.90 Å². The number of alkyl halides is 3. The van der Waals surface area contributed by atoms with Crippen molar-refractivity contribution in [3.8, 4) is 5.69 Å². The van der Waals surface area contributed by atoms with E-state index in [-0.39, 0.29) is 17.9 Å². The van der Waals surface area contributed by atoms with Gasteiger partial charge in [0.1, 0.15) is 0 Å². The second kappa shape index (κ2) is 7.51. The van der Waals surface area contributed by atoms with Crippen LogP contribution in [-0.4, -0.2) is 59.6 Å². The van der Waals surface area contributed by atoms with Crippen LogP contribution in [0.25, 0.3) is 5.69 Å². The van der Waals surface area contributed by atoms with Gasteiger partial charge >= 0.3 is 6.18 Å². The molecule has 0 bridgehead atoms. The maximum absolute atomic E-state index is 13.2. The molecule has 1 saturated heterocycles. The van der Waals surface area contributed by atoms with Crippen LogP contribution in [0.3, 0.4) is 0 Å². The molecule has 0 aliphatic carbocycles. The van der Waals surface area contributed by atoms with Crippen LogP contribution in [0.1, 0.15) is 28.9 Å². The fourth-order valence-electron chi connectivity index (χ4n) is 3.12. The lowest BCUT2D eigenvalue weighted by Crippen LogP contribution is -2.49. The van der Waals surface area contributed by atoms with Crippen LogP contribution in [0.5, 0.6) is 0 Å². The molecule has 1 N–H and O–H groups in total. The van der Waals surface area contributed by atoms with Crippen LogP contribution in [0.15, 0.2) is 30.5 Å². The second-order valence-corrected chi connectivity index (χ2v) is 8.32. The number of nitrogens with zero attached hydrogens (tertiary/aromatic N) is 4.